The highest BCUT2D eigenvalue weighted by Crippen LogP contribution is 2.16. The van der Waals surface area contributed by atoms with Crippen molar-refractivity contribution in [2.45, 2.75) is 309 Å². The molecule has 0 aliphatic heterocycles. The first-order valence-corrected chi connectivity index (χ1v) is 31.1. The van der Waals surface area contributed by atoms with E-state index in [0.29, 0.717) is 19.3 Å². The third-order valence-corrected chi connectivity index (χ3v) is 13.4. The maximum absolute atomic E-state index is 12.9. The highest BCUT2D eigenvalue weighted by molar-refractivity contribution is 5.71. The predicted octanol–water partition coefficient (Wildman–Crippen LogP) is 21.1. The Kier molecular flexibility index (Phi) is 58.3. The summed E-state index contributed by atoms with van der Waals surface area (Å²) in [4.78, 5) is 38.2. The molecule has 0 radical (unpaired) electrons. The fourth-order valence-corrected chi connectivity index (χ4v) is 8.74. The minimum absolute atomic E-state index is 0.0793. The summed E-state index contributed by atoms with van der Waals surface area (Å²) in [5.41, 5.74) is 0. The lowest BCUT2D eigenvalue weighted by atomic mass is 10.0. The Labute approximate surface area is 452 Å². The van der Waals surface area contributed by atoms with Gasteiger partial charge in [-0.25, -0.2) is 0 Å². The van der Waals surface area contributed by atoms with Crippen molar-refractivity contribution in [2.24, 2.45) is 0 Å². The Morgan fingerprint density at radius 3 is 0.849 bits per heavy atom. The molecule has 0 aromatic carbocycles. The minimum atomic E-state index is -0.783. The van der Waals surface area contributed by atoms with Crippen LogP contribution in [-0.2, 0) is 28.6 Å². The van der Waals surface area contributed by atoms with Gasteiger partial charge in [0, 0.05) is 19.3 Å². The van der Waals surface area contributed by atoms with Gasteiger partial charge in [0.15, 0.2) is 6.10 Å². The van der Waals surface area contributed by atoms with Gasteiger partial charge in [-0.2, -0.15) is 0 Å². The van der Waals surface area contributed by atoms with Crippen LogP contribution in [0.5, 0.6) is 0 Å². The molecule has 1 atom stereocenters. The second kappa shape index (κ2) is 61.1. The zero-order valence-corrected chi connectivity index (χ0v) is 48.1. The van der Waals surface area contributed by atoms with Gasteiger partial charge in [0.05, 0.1) is 0 Å². The maximum Gasteiger partial charge on any atom is 0.306 e. The van der Waals surface area contributed by atoms with Crippen LogP contribution >= 0.6 is 0 Å². The number of hydrogen-bond donors (Lipinski definition) is 0. The van der Waals surface area contributed by atoms with E-state index in [4.69, 9.17) is 14.2 Å². The summed E-state index contributed by atoms with van der Waals surface area (Å²) < 4.78 is 16.9. The monoisotopic (exact) mass is 1020 g/mol. The van der Waals surface area contributed by atoms with E-state index in [0.717, 1.165) is 116 Å². The Bertz CT molecular complexity index is 1400. The minimum Gasteiger partial charge on any atom is -0.462 e. The van der Waals surface area contributed by atoms with Gasteiger partial charge in [-0.05, 0) is 96.3 Å². The van der Waals surface area contributed by atoms with Gasteiger partial charge in [-0.3, -0.25) is 14.4 Å². The van der Waals surface area contributed by atoms with Crippen molar-refractivity contribution in [3.63, 3.8) is 0 Å². The molecule has 73 heavy (non-hydrogen) atoms. The normalized spacial score (nSPS) is 12.6. The van der Waals surface area contributed by atoms with E-state index in [1.807, 2.05) is 0 Å². The van der Waals surface area contributed by atoms with Gasteiger partial charge in [0.25, 0.3) is 0 Å². The number of carbonyl (C=O) groups is 3. The molecule has 0 aliphatic rings. The second-order valence-corrected chi connectivity index (χ2v) is 20.6. The lowest BCUT2D eigenvalue weighted by Crippen LogP contribution is -2.30. The molecule has 6 nitrogen and oxygen atoms in total. The van der Waals surface area contributed by atoms with Crippen LogP contribution in [0, 0.1) is 0 Å². The molecule has 0 aromatic heterocycles. The smallest absolute Gasteiger partial charge is 0.306 e. The molecule has 6 heteroatoms. The summed E-state index contributed by atoms with van der Waals surface area (Å²) in [6.45, 7) is 6.53. The number of ether oxygens (including phenoxy) is 3. The number of allylic oxidation sites excluding steroid dienone is 14. The molecule has 0 bridgehead atoms. The Morgan fingerprint density at radius 1 is 0.288 bits per heavy atom. The fourth-order valence-electron chi connectivity index (χ4n) is 8.74. The average Bonchev–Trinajstić information content (AvgIpc) is 3.39. The molecule has 0 rings (SSSR count). The highest BCUT2D eigenvalue weighted by Gasteiger charge is 2.19. The SMILES string of the molecule is CC/C=C\C/C=C\C/C=C\C/C=C\C/C=C\C/C=C\CCCCCCCCCCC(=O)OCC(COC(=O)CCCCCCCCCCCCCCC)OC(=O)CCCCCCC/C=C\CCCCCCCC. The molecule has 0 aliphatic carbocycles. The summed E-state index contributed by atoms with van der Waals surface area (Å²) >= 11 is 0. The third kappa shape index (κ3) is 59.3. The quantitative estimate of drug-likeness (QED) is 0.0261. The summed E-state index contributed by atoms with van der Waals surface area (Å²) in [5, 5.41) is 0. The van der Waals surface area contributed by atoms with Crippen molar-refractivity contribution in [1.29, 1.82) is 0 Å². The van der Waals surface area contributed by atoms with Crippen LogP contribution in [0.25, 0.3) is 0 Å². The van der Waals surface area contributed by atoms with E-state index in [1.165, 1.54) is 148 Å². The van der Waals surface area contributed by atoms with Gasteiger partial charge in [0.1, 0.15) is 13.2 Å². The number of hydrogen-bond acceptors (Lipinski definition) is 6. The first-order chi connectivity index (χ1) is 36.0. The van der Waals surface area contributed by atoms with Crippen molar-refractivity contribution in [2.75, 3.05) is 13.2 Å². The topological polar surface area (TPSA) is 78.9 Å². The van der Waals surface area contributed by atoms with E-state index in [2.05, 4.69) is 106 Å². The Morgan fingerprint density at radius 2 is 0.534 bits per heavy atom. The number of esters is 3. The van der Waals surface area contributed by atoms with Gasteiger partial charge in [-0.1, -0.05) is 273 Å². The number of unbranched alkanes of at least 4 members (excludes halogenated alkanes) is 31. The second-order valence-electron chi connectivity index (χ2n) is 20.6. The summed E-state index contributed by atoms with van der Waals surface area (Å²) in [5.74, 6) is -0.886. The molecule has 0 amide bonds. The van der Waals surface area contributed by atoms with Crippen molar-refractivity contribution in [1.82, 2.24) is 0 Å². The lowest BCUT2D eigenvalue weighted by Gasteiger charge is -2.18. The van der Waals surface area contributed by atoms with Crippen LogP contribution < -0.4 is 0 Å². The summed E-state index contributed by atoms with van der Waals surface area (Å²) in [6.07, 6.45) is 80.1. The molecular formula is C67H116O6. The number of rotatable bonds is 56. The first kappa shape index (κ1) is 69.6. The fraction of sp³-hybridized carbons (Fsp3) is 0.746. The van der Waals surface area contributed by atoms with Gasteiger partial charge < -0.3 is 14.2 Å². The van der Waals surface area contributed by atoms with Crippen LogP contribution in [0.3, 0.4) is 0 Å². The lowest BCUT2D eigenvalue weighted by molar-refractivity contribution is -0.167. The third-order valence-electron chi connectivity index (χ3n) is 13.4. The summed E-state index contributed by atoms with van der Waals surface area (Å²) in [7, 11) is 0. The predicted molar refractivity (Wildman–Crippen MR) is 316 cm³/mol. The van der Waals surface area contributed by atoms with Crippen molar-refractivity contribution in [3.05, 3.63) is 85.1 Å². The van der Waals surface area contributed by atoms with Gasteiger partial charge in [-0.15, -0.1) is 0 Å². The standard InChI is InChI=1S/C67H116O6/c1-4-7-10-13-16-19-22-25-27-28-29-30-31-32-33-34-35-36-37-38-40-42-45-48-51-54-57-60-66(69)72-63-64(62-71-65(68)59-56-53-50-47-44-41-24-21-18-15-12-9-6-3)73-67(70)61-58-55-52-49-46-43-39-26-23-20-17-14-11-8-5-2/h7,10,16,19,25-27,29-30,32-33,35-36,39,64H,4-6,8-9,11-15,17-18,20-24,28,31,34,37-38,40-63H2,1-3H3/b10-7-,19-16-,27-25-,30-29-,33-32-,36-35-,39-26-. The molecule has 1 unspecified atom stereocenters. The molecule has 420 valence electrons. The van der Waals surface area contributed by atoms with Crippen LogP contribution in [0.4, 0.5) is 0 Å². The van der Waals surface area contributed by atoms with Crippen LogP contribution in [0.15, 0.2) is 85.1 Å². The molecule has 0 heterocycles. The number of carbonyl (C=O) groups excluding carboxylic acids is 3. The Hall–Kier alpha value is -3.41. The Balaban J connectivity index is 4.31. The molecule has 0 fully saturated rings. The van der Waals surface area contributed by atoms with Crippen LogP contribution in [-0.4, -0.2) is 37.2 Å². The van der Waals surface area contributed by atoms with Crippen LogP contribution in [0.2, 0.25) is 0 Å². The van der Waals surface area contributed by atoms with Crippen molar-refractivity contribution < 1.29 is 28.6 Å². The molecule has 0 saturated carbocycles. The van der Waals surface area contributed by atoms with E-state index in [9.17, 15) is 14.4 Å². The van der Waals surface area contributed by atoms with Gasteiger partial charge >= 0.3 is 17.9 Å². The molecular weight excluding hydrogens is 901 g/mol. The highest BCUT2D eigenvalue weighted by atomic mass is 16.6. The van der Waals surface area contributed by atoms with Crippen LogP contribution in [0.1, 0.15) is 303 Å². The largest absolute Gasteiger partial charge is 0.462 e. The first-order valence-electron chi connectivity index (χ1n) is 31.1. The van der Waals surface area contributed by atoms with Crippen molar-refractivity contribution in [3.8, 4) is 0 Å². The van der Waals surface area contributed by atoms with E-state index in [-0.39, 0.29) is 31.1 Å². The van der Waals surface area contributed by atoms with E-state index in [1.54, 1.807) is 0 Å². The van der Waals surface area contributed by atoms with E-state index < -0.39 is 6.10 Å². The van der Waals surface area contributed by atoms with E-state index >= 15 is 0 Å². The summed E-state index contributed by atoms with van der Waals surface area (Å²) in [6, 6.07) is 0. The van der Waals surface area contributed by atoms with Crippen molar-refractivity contribution >= 4 is 17.9 Å². The maximum atomic E-state index is 12.9. The molecule has 0 spiro atoms. The molecule has 0 N–H and O–H groups in total. The molecule has 0 aromatic rings. The molecule has 0 saturated heterocycles. The average molecular weight is 1020 g/mol. The van der Waals surface area contributed by atoms with Gasteiger partial charge in [0.2, 0.25) is 0 Å². The zero-order chi connectivity index (χ0) is 52.9. The zero-order valence-electron chi connectivity index (χ0n) is 48.1.